The summed E-state index contributed by atoms with van der Waals surface area (Å²) in [7, 11) is 0. The van der Waals surface area contributed by atoms with Gasteiger partial charge in [-0.1, -0.05) is 27.7 Å². The Kier molecular flexibility index (Phi) is 3.46. The maximum atomic E-state index is 2.84. The number of hydrogen-bond donors (Lipinski definition) is 0. The highest BCUT2D eigenvalue weighted by atomic mass is 15.3. The summed E-state index contributed by atoms with van der Waals surface area (Å²) in [6.07, 6.45) is 7.07. The van der Waals surface area contributed by atoms with E-state index in [2.05, 4.69) is 37.5 Å². The largest absolute Gasteiger partial charge is 0.298 e. The molecule has 0 aromatic heterocycles. The second-order valence-electron chi connectivity index (χ2n) is 8.89. The second-order valence-corrected chi connectivity index (χ2v) is 8.89. The van der Waals surface area contributed by atoms with Crippen molar-refractivity contribution < 1.29 is 0 Å². The first kappa shape index (κ1) is 13.9. The van der Waals surface area contributed by atoms with Crippen molar-refractivity contribution in [3.8, 4) is 0 Å². The maximum absolute atomic E-state index is 2.84. The predicted octanol–water partition coefficient (Wildman–Crippen LogP) is 3.37. The van der Waals surface area contributed by atoms with Gasteiger partial charge in [-0.15, -0.1) is 0 Å². The minimum atomic E-state index is 0.527. The third kappa shape index (κ3) is 3.00. The van der Waals surface area contributed by atoms with Gasteiger partial charge in [0.25, 0.3) is 0 Å². The van der Waals surface area contributed by atoms with Crippen LogP contribution in [0.5, 0.6) is 0 Å². The Morgan fingerprint density at radius 1 is 0.789 bits per heavy atom. The molecule has 3 fully saturated rings. The van der Waals surface area contributed by atoms with Crippen LogP contribution >= 0.6 is 0 Å². The van der Waals surface area contributed by atoms with Crippen LogP contribution in [-0.2, 0) is 0 Å². The fourth-order valence-electron chi connectivity index (χ4n) is 5.39. The van der Waals surface area contributed by atoms with Crippen molar-refractivity contribution in [3.63, 3.8) is 0 Å². The van der Waals surface area contributed by atoms with Gasteiger partial charge in [0.15, 0.2) is 0 Å². The summed E-state index contributed by atoms with van der Waals surface area (Å²) in [6.45, 7) is 15.3. The van der Waals surface area contributed by atoms with E-state index in [1.54, 1.807) is 0 Å². The standard InChI is InChI=1S/C17H32N2/c1-16(2)10-15(11-17(3,4)13-16)19-9-8-18-7-5-6-14(18)12-19/h14-15H,5-13H2,1-4H3. The third-order valence-corrected chi connectivity index (χ3v) is 5.67. The van der Waals surface area contributed by atoms with E-state index in [9.17, 15) is 0 Å². The minimum Gasteiger partial charge on any atom is -0.298 e. The molecule has 0 amide bonds. The Morgan fingerprint density at radius 2 is 1.42 bits per heavy atom. The average molecular weight is 264 g/mol. The van der Waals surface area contributed by atoms with Crippen molar-refractivity contribution in [3.05, 3.63) is 0 Å². The van der Waals surface area contributed by atoms with Crippen LogP contribution in [0.25, 0.3) is 0 Å². The van der Waals surface area contributed by atoms with Gasteiger partial charge in [0.1, 0.15) is 0 Å². The molecule has 1 aliphatic carbocycles. The highest BCUT2D eigenvalue weighted by molar-refractivity contribution is 4.96. The number of hydrogen-bond acceptors (Lipinski definition) is 2. The number of nitrogens with zero attached hydrogens (tertiary/aromatic N) is 2. The second kappa shape index (κ2) is 4.73. The molecule has 2 heterocycles. The lowest BCUT2D eigenvalue weighted by Gasteiger charge is -2.51. The van der Waals surface area contributed by atoms with Gasteiger partial charge in [-0.3, -0.25) is 9.80 Å². The lowest BCUT2D eigenvalue weighted by molar-refractivity contribution is -0.00741. The number of piperazine rings is 1. The number of fused-ring (bicyclic) bond motifs is 1. The first-order valence-corrected chi connectivity index (χ1v) is 8.33. The summed E-state index contributed by atoms with van der Waals surface area (Å²) in [5.41, 5.74) is 1.05. The van der Waals surface area contributed by atoms with E-state index in [0.29, 0.717) is 10.8 Å². The molecular formula is C17H32N2. The molecule has 1 atom stereocenters. The molecule has 0 aromatic carbocycles. The minimum absolute atomic E-state index is 0.527. The molecular weight excluding hydrogens is 232 g/mol. The Morgan fingerprint density at radius 3 is 2.11 bits per heavy atom. The summed E-state index contributed by atoms with van der Waals surface area (Å²) in [6, 6.07) is 1.71. The highest BCUT2D eigenvalue weighted by Crippen LogP contribution is 2.47. The number of rotatable bonds is 1. The fourth-order valence-corrected chi connectivity index (χ4v) is 5.39. The topological polar surface area (TPSA) is 6.48 Å². The molecule has 2 saturated heterocycles. The molecule has 19 heavy (non-hydrogen) atoms. The summed E-state index contributed by atoms with van der Waals surface area (Å²) in [4.78, 5) is 5.57. The molecule has 1 unspecified atom stereocenters. The van der Waals surface area contributed by atoms with E-state index in [1.165, 1.54) is 58.3 Å². The predicted molar refractivity (Wildman–Crippen MR) is 81.4 cm³/mol. The zero-order chi connectivity index (χ0) is 13.7. The molecule has 0 bridgehead atoms. The van der Waals surface area contributed by atoms with Crippen LogP contribution in [0.1, 0.15) is 59.8 Å². The van der Waals surface area contributed by atoms with Gasteiger partial charge < -0.3 is 0 Å². The van der Waals surface area contributed by atoms with Gasteiger partial charge in [0.05, 0.1) is 0 Å². The smallest absolute Gasteiger partial charge is 0.0224 e. The van der Waals surface area contributed by atoms with Gasteiger partial charge >= 0.3 is 0 Å². The summed E-state index contributed by atoms with van der Waals surface area (Å²) in [5, 5.41) is 0. The Labute approximate surface area is 119 Å². The van der Waals surface area contributed by atoms with Crippen LogP contribution in [0.4, 0.5) is 0 Å². The SMILES string of the molecule is CC1(C)CC(N2CCN3CCCC3C2)CC(C)(C)C1. The van der Waals surface area contributed by atoms with Crippen LogP contribution in [0.15, 0.2) is 0 Å². The van der Waals surface area contributed by atoms with Crippen LogP contribution in [0, 0.1) is 10.8 Å². The van der Waals surface area contributed by atoms with Crippen LogP contribution in [0.3, 0.4) is 0 Å². The molecule has 3 rings (SSSR count). The Balaban J connectivity index is 1.68. The molecule has 110 valence electrons. The molecule has 0 radical (unpaired) electrons. The van der Waals surface area contributed by atoms with Crippen molar-refractivity contribution in [2.45, 2.75) is 71.9 Å². The van der Waals surface area contributed by atoms with E-state index < -0.39 is 0 Å². The first-order chi connectivity index (χ1) is 8.85. The van der Waals surface area contributed by atoms with Crippen molar-refractivity contribution in [2.75, 3.05) is 26.2 Å². The molecule has 0 aromatic rings. The van der Waals surface area contributed by atoms with Crippen molar-refractivity contribution in [2.24, 2.45) is 10.8 Å². The monoisotopic (exact) mass is 264 g/mol. The Bertz CT molecular complexity index is 318. The summed E-state index contributed by atoms with van der Waals surface area (Å²) >= 11 is 0. The zero-order valence-corrected chi connectivity index (χ0v) is 13.4. The highest BCUT2D eigenvalue weighted by Gasteiger charge is 2.42. The quantitative estimate of drug-likeness (QED) is 0.716. The molecule has 0 spiro atoms. The molecule has 2 aliphatic heterocycles. The van der Waals surface area contributed by atoms with Crippen LogP contribution < -0.4 is 0 Å². The molecule has 2 nitrogen and oxygen atoms in total. The molecule has 1 saturated carbocycles. The normalized spacial score (nSPS) is 36.3. The van der Waals surface area contributed by atoms with Gasteiger partial charge in [-0.2, -0.15) is 0 Å². The molecule has 0 N–H and O–H groups in total. The van der Waals surface area contributed by atoms with E-state index in [1.807, 2.05) is 0 Å². The van der Waals surface area contributed by atoms with E-state index >= 15 is 0 Å². The third-order valence-electron chi connectivity index (χ3n) is 5.67. The molecule has 3 aliphatic rings. The maximum Gasteiger partial charge on any atom is 0.0224 e. The van der Waals surface area contributed by atoms with Crippen LogP contribution in [-0.4, -0.2) is 48.1 Å². The van der Waals surface area contributed by atoms with E-state index in [0.717, 1.165) is 12.1 Å². The average Bonchev–Trinajstić information content (AvgIpc) is 2.71. The van der Waals surface area contributed by atoms with E-state index in [4.69, 9.17) is 0 Å². The van der Waals surface area contributed by atoms with Crippen molar-refractivity contribution in [1.82, 2.24) is 9.80 Å². The summed E-state index contributed by atoms with van der Waals surface area (Å²) in [5.74, 6) is 0. The van der Waals surface area contributed by atoms with Crippen molar-refractivity contribution >= 4 is 0 Å². The van der Waals surface area contributed by atoms with Gasteiger partial charge in [0.2, 0.25) is 0 Å². The first-order valence-electron chi connectivity index (χ1n) is 8.33. The van der Waals surface area contributed by atoms with Gasteiger partial charge in [-0.25, -0.2) is 0 Å². The molecule has 2 heteroatoms. The lowest BCUT2D eigenvalue weighted by Crippen LogP contribution is -2.56. The Hall–Kier alpha value is -0.0800. The van der Waals surface area contributed by atoms with Crippen LogP contribution in [0.2, 0.25) is 0 Å². The summed E-state index contributed by atoms with van der Waals surface area (Å²) < 4.78 is 0. The van der Waals surface area contributed by atoms with Gasteiger partial charge in [0, 0.05) is 31.7 Å². The van der Waals surface area contributed by atoms with Crippen molar-refractivity contribution in [1.29, 1.82) is 0 Å². The lowest BCUT2D eigenvalue weighted by atomic mass is 9.63. The zero-order valence-electron chi connectivity index (χ0n) is 13.4. The fraction of sp³-hybridized carbons (Fsp3) is 1.00. The van der Waals surface area contributed by atoms with E-state index in [-0.39, 0.29) is 0 Å². The van der Waals surface area contributed by atoms with Gasteiger partial charge in [-0.05, 0) is 49.5 Å².